The largest absolute Gasteiger partial charge is 0.445 e. The third-order valence-corrected chi connectivity index (χ3v) is 3.06. The smallest absolute Gasteiger partial charge is 0.407 e. The molecule has 1 aromatic carbocycles. The van der Waals surface area contributed by atoms with Crippen LogP contribution in [0.1, 0.15) is 18.9 Å². The van der Waals surface area contributed by atoms with Crippen LogP contribution in [0.5, 0.6) is 0 Å². The number of alkyl carbamates (subject to hydrolysis) is 1. The number of nitrogens with one attached hydrogen (secondary N) is 2. The van der Waals surface area contributed by atoms with Crippen LogP contribution >= 0.6 is 0 Å². The van der Waals surface area contributed by atoms with E-state index in [4.69, 9.17) is 4.74 Å². The molecule has 2 rings (SSSR count). The first kappa shape index (κ1) is 11.9. The lowest BCUT2D eigenvalue weighted by Crippen LogP contribution is -2.60. The highest BCUT2D eigenvalue weighted by Crippen LogP contribution is 2.15. The van der Waals surface area contributed by atoms with Gasteiger partial charge in [0, 0.05) is 12.1 Å². The van der Waals surface area contributed by atoms with Gasteiger partial charge in [0.2, 0.25) is 0 Å². The molecule has 4 heteroatoms. The first-order valence-corrected chi connectivity index (χ1v) is 5.88. The Balaban J connectivity index is 1.67. The van der Waals surface area contributed by atoms with Gasteiger partial charge in [-0.3, -0.25) is 0 Å². The second-order valence-corrected chi connectivity index (χ2v) is 4.65. The van der Waals surface area contributed by atoms with Crippen LogP contribution in [0.2, 0.25) is 0 Å². The van der Waals surface area contributed by atoms with E-state index < -0.39 is 0 Å². The van der Waals surface area contributed by atoms with E-state index in [2.05, 4.69) is 17.6 Å². The van der Waals surface area contributed by atoms with Gasteiger partial charge < -0.3 is 15.4 Å². The molecule has 17 heavy (non-hydrogen) atoms. The molecule has 1 atom stereocenters. The minimum atomic E-state index is -0.358. The molecule has 1 heterocycles. The zero-order valence-corrected chi connectivity index (χ0v) is 10.0. The highest BCUT2D eigenvalue weighted by molar-refractivity contribution is 5.67. The van der Waals surface area contributed by atoms with E-state index in [0.29, 0.717) is 13.2 Å². The van der Waals surface area contributed by atoms with Crippen LogP contribution in [0.3, 0.4) is 0 Å². The van der Waals surface area contributed by atoms with Crippen LogP contribution in [0.4, 0.5) is 4.79 Å². The number of carbonyl (C=O) groups excluding carboxylic acids is 1. The van der Waals surface area contributed by atoms with E-state index in [9.17, 15) is 4.79 Å². The predicted octanol–water partition coefficient (Wildman–Crippen LogP) is 1.66. The molecular weight excluding hydrogens is 216 g/mol. The van der Waals surface area contributed by atoms with Crippen LogP contribution in [-0.2, 0) is 11.3 Å². The van der Waals surface area contributed by atoms with Crippen molar-refractivity contribution >= 4 is 6.09 Å². The molecule has 1 aromatic rings. The maximum absolute atomic E-state index is 11.4. The molecule has 1 saturated heterocycles. The maximum atomic E-state index is 11.4. The third-order valence-electron chi connectivity index (χ3n) is 3.06. The first-order valence-electron chi connectivity index (χ1n) is 5.88. The summed E-state index contributed by atoms with van der Waals surface area (Å²) in [4.78, 5) is 11.4. The van der Waals surface area contributed by atoms with Gasteiger partial charge in [-0.15, -0.1) is 0 Å². The molecule has 0 aliphatic carbocycles. The van der Waals surface area contributed by atoms with E-state index in [1.807, 2.05) is 30.3 Å². The van der Waals surface area contributed by atoms with E-state index >= 15 is 0 Å². The fraction of sp³-hybridized carbons (Fsp3) is 0.462. The van der Waals surface area contributed by atoms with E-state index in [1.54, 1.807) is 0 Å². The summed E-state index contributed by atoms with van der Waals surface area (Å²) < 4.78 is 5.11. The van der Waals surface area contributed by atoms with E-state index in [-0.39, 0.29) is 11.6 Å². The molecular formula is C13H18N2O2. The van der Waals surface area contributed by atoms with Crippen LogP contribution < -0.4 is 10.6 Å². The van der Waals surface area contributed by atoms with Crippen molar-refractivity contribution in [3.8, 4) is 0 Å². The fourth-order valence-corrected chi connectivity index (χ4v) is 1.74. The Bertz CT molecular complexity index is 374. The Morgan fingerprint density at radius 1 is 1.47 bits per heavy atom. The lowest BCUT2D eigenvalue weighted by atomic mass is 9.90. The van der Waals surface area contributed by atoms with Crippen LogP contribution in [0, 0.1) is 0 Å². The summed E-state index contributed by atoms with van der Waals surface area (Å²) in [6, 6.07) is 9.66. The highest BCUT2D eigenvalue weighted by Gasteiger charge is 2.31. The second-order valence-electron chi connectivity index (χ2n) is 4.65. The molecule has 4 nitrogen and oxygen atoms in total. The Morgan fingerprint density at radius 2 is 2.18 bits per heavy atom. The minimum Gasteiger partial charge on any atom is -0.445 e. The number of rotatable bonds is 4. The summed E-state index contributed by atoms with van der Waals surface area (Å²) in [7, 11) is 0. The topological polar surface area (TPSA) is 50.4 Å². The summed E-state index contributed by atoms with van der Waals surface area (Å²) in [6.45, 7) is 4.04. The summed E-state index contributed by atoms with van der Waals surface area (Å²) in [5.74, 6) is 0. The van der Waals surface area contributed by atoms with Crippen LogP contribution in [0.15, 0.2) is 30.3 Å². The zero-order chi connectivity index (χ0) is 12.1. The van der Waals surface area contributed by atoms with Crippen molar-refractivity contribution in [3.63, 3.8) is 0 Å². The number of amides is 1. The summed E-state index contributed by atoms with van der Waals surface area (Å²) in [5, 5.41) is 6.05. The Kier molecular flexibility index (Phi) is 3.64. The van der Waals surface area contributed by atoms with Gasteiger partial charge in [0.25, 0.3) is 0 Å². The molecule has 0 radical (unpaired) electrons. The molecule has 1 amide bonds. The van der Waals surface area contributed by atoms with Gasteiger partial charge >= 0.3 is 6.09 Å². The van der Waals surface area contributed by atoms with Crippen molar-refractivity contribution in [3.05, 3.63) is 35.9 Å². The Morgan fingerprint density at radius 3 is 2.76 bits per heavy atom. The van der Waals surface area contributed by atoms with Crippen LogP contribution in [0.25, 0.3) is 0 Å². The van der Waals surface area contributed by atoms with Crippen molar-refractivity contribution in [2.45, 2.75) is 25.5 Å². The highest BCUT2D eigenvalue weighted by atomic mass is 16.5. The summed E-state index contributed by atoms with van der Waals surface area (Å²) in [5.41, 5.74) is 1.04. The normalized spacial score (nSPS) is 22.6. The fourth-order valence-electron chi connectivity index (χ4n) is 1.74. The maximum Gasteiger partial charge on any atom is 0.407 e. The zero-order valence-electron chi connectivity index (χ0n) is 10.0. The van der Waals surface area contributed by atoms with Gasteiger partial charge in [-0.05, 0) is 25.5 Å². The van der Waals surface area contributed by atoms with Crippen molar-refractivity contribution in [2.75, 3.05) is 13.1 Å². The van der Waals surface area contributed by atoms with Gasteiger partial charge in [-0.2, -0.15) is 0 Å². The van der Waals surface area contributed by atoms with Gasteiger partial charge in [-0.25, -0.2) is 4.79 Å². The van der Waals surface area contributed by atoms with Gasteiger partial charge in [0.15, 0.2) is 0 Å². The number of benzene rings is 1. The predicted molar refractivity (Wildman–Crippen MR) is 65.7 cm³/mol. The average molecular weight is 234 g/mol. The SMILES string of the molecule is CC1(CNC(=O)OCc2ccccc2)CCN1. The number of hydrogen-bond acceptors (Lipinski definition) is 3. The molecule has 0 aromatic heterocycles. The lowest BCUT2D eigenvalue weighted by molar-refractivity contribution is 0.131. The summed E-state index contributed by atoms with van der Waals surface area (Å²) in [6.07, 6.45) is 0.732. The molecule has 0 spiro atoms. The van der Waals surface area contributed by atoms with Crippen LogP contribution in [-0.4, -0.2) is 24.7 Å². The average Bonchev–Trinajstić information content (AvgIpc) is 2.33. The molecule has 1 aliphatic heterocycles. The standard InChI is InChI=1S/C13H18N2O2/c1-13(7-8-15-13)10-14-12(16)17-9-11-5-3-2-4-6-11/h2-6,15H,7-10H2,1H3,(H,14,16). The Hall–Kier alpha value is -1.55. The molecule has 0 bridgehead atoms. The number of carbonyl (C=O) groups is 1. The van der Waals surface area contributed by atoms with Crippen molar-refractivity contribution in [2.24, 2.45) is 0 Å². The quantitative estimate of drug-likeness (QED) is 0.833. The molecule has 1 unspecified atom stereocenters. The third kappa shape index (κ3) is 3.46. The monoisotopic (exact) mass is 234 g/mol. The first-order chi connectivity index (χ1) is 8.18. The second kappa shape index (κ2) is 5.19. The molecule has 92 valence electrons. The molecule has 0 saturated carbocycles. The van der Waals surface area contributed by atoms with Gasteiger partial charge in [0.1, 0.15) is 6.61 Å². The molecule has 1 fully saturated rings. The Labute approximate surface area is 101 Å². The molecule has 1 aliphatic rings. The number of ether oxygens (including phenoxy) is 1. The minimum absolute atomic E-state index is 0.0474. The van der Waals surface area contributed by atoms with Crippen molar-refractivity contribution < 1.29 is 9.53 Å². The van der Waals surface area contributed by atoms with E-state index in [0.717, 1.165) is 18.5 Å². The molecule has 2 N–H and O–H groups in total. The summed E-state index contributed by atoms with van der Waals surface area (Å²) >= 11 is 0. The van der Waals surface area contributed by atoms with Gasteiger partial charge in [0.05, 0.1) is 0 Å². The number of hydrogen-bond donors (Lipinski definition) is 2. The van der Waals surface area contributed by atoms with E-state index in [1.165, 1.54) is 0 Å². The van der Waals surface area contributed by atoms with Crippen molar-refractivity contribution in [1.29, 1.82) is 0 Å². The lowest BCUT2D eigenvalue weighted by Gasteiger charge is -2.39. The van der Waals surface area contributed by atoms with Gasteiger partial charge in [-0.1, -0.05) is 30.3 Å². The van der Waals surface area contributed by atoms with Crippen molar-refractivity contribution in [1.82, 2.24) is 10.6 Å².